The van der Waals surface area contributed by atoms with Crippen LogP contribution in [0.15, 0.2) is 0 Å². The van der Waals surface area contributed by atoms with E-state index < -0.39 is 0 Å². The van der Waals surface area contributed by atoms with Gasteiger partial charge in [0.15, 0.2) is 0 Å². The van der Waals surface area contributed by atoms with Gasteiger partial charge in [-0.3, -0.25) is 4.90 Å². The van der Waals surface area contributed by atoms with Crippen LogP contribution in [0, 0.1) is 29.6 Å². The molecule has 0 amide bonds. The van der Waals surface area contributed by atoms with Crippen molar-refractivity contribution < 1.29 is 0 Å². The lowest BCUT2D eigenvalue weighted by Gasteiger charge is -2.49. The molecule has 2 saturated carbocycles. The number of nitrogens with zero attached hydrogens (tertiary/aromatic N) is 2. The highest BCUT2D eigenvalue weighted by Gasteiger charge is 2.39. The molecule has 168 valence electrons. The number of hydrogen-bond donors (Lipinski definition) is 0. The van der Waals surface area contributed by atoms with Crippen LogP contribution < -0.4 is 0 Å². The average Bonchev–Trinajstić information content (AvgIpc) is 2.61. The highest BCUT2D eigenvalue weighted by atomic mass is 15.2. The third-order valence-corrected chi connectivity index (χ3v) is 9.62. The number of hydrogen-bond acceptors (Lipinski definition) is 2. The van der Waals surface area contributed by atoms with E-state index in [9.17, 15) is 0 Å². The number of piperidine rings is 2. The summed E-state index contributed by atoms with van der Waals surface area (Å²) in [7, 11) is 0. The molecule has 4 fully saturated rings. The van der Waals surface area contributed by atoms with E-state index in [-0.39, 0.29) is 0 Å². The Balaban J connectivity index is 1.37. The summed E-state index contributed by atoms with van der Waals surface area (Å²) in [6.45, 7) is 13.1. The van der Waals surface area contributed by atoms with Crippen molar-refractivity contribution >= 4 is 0 Å². The monoisotopic (exact) mass is 402 g/mol. The Bertz CT molecular complexity index is 483. The fourth-order valence-electron chi connectivity index (χ4n) is 7.39. The summed E-state index contributed by atoms with van der Waals surface area (Å²) in [5, 5.41) is 0. The van der Waals surface area contributed by atoms with Crippen LogP contribution in [0.3, 0.4) is 0 Å². The Morgan fingerprint density at radius 1 is 0.621 bits per heavy atom. The van der Waals surface area contributed by atoms with E-state index in [1.807, 2.05) is 0 Å². The van der Waals surface area contributed by atoms with Gasteiger partial charge in [-0.2, -0.15) is 0 Å². The van der Waals surface area contributed by atoms with E-state index >= 15 is 0 Å². The Kier molecular flexibility index (Phi) is 8.00. The molecular formula is C27H50N2. The third-order valence-electron chi connectivity index (χ3n) is 9.62. The van der Waals surface area contributed by atoms with Gasteiger partial charge in [0.2, 0.25) is 0 Å². The molecule has 1 unspecified atom stereocenters. The van der Waals surface area contributed by atoms with Crippen molar-refractivity contribution in [1.29, 1.82) is 0 Å². The van der Waals surface area contributed by atoms with Gasteiger partial charge in [0.25, 0.3) is 0 Å². The minimum absolute atomic E-state index is 0.915. The van der Waals surface area contributed by atoms with Crippen LogP contribution in [0.1, 0.15) is 104 Å². The molecule has 5 atom stereocenters. The van der Waals surface area contributed by atoms with Crippen LogP contribution in [0.25, 0.3) is 0 Å². The summed E-state index contributed by atoms with van der Waals surface area (Å²) in [4.78, 5) is 5.84. The van der Waals surface area contributed by atoms with Gasteiger partial charge in [0.05, 0.1) is 0 Å². The van der Waals surface area contributed by atoms with Gasteiger partial charge >= 0.3 is 0 Å². The van der Waals surface area contributed by atoms with Gasteiger partial charge in [-0.05, 0) is 81.1 Å². The largest absolute Gasteiger partial charge is 0.300 e. The highest BCUT2D eigenvalue weighted by molar-refractivity contribution is 4.92. The molecule has 4 aliphatic rings. The van der Waals surface area contributed by atoms with Crippen LogP contribution in [0.4, 0.5) is 0 Å². The van der Waals surface area contributed by atoms with Gasteiger partial charge in [-0.25, -0.2) is 0 Å². The van der Waals surface area contributed by atoms with Gasteiger partial charge in [0, 0.05) is 31.7 Å². The van der Waals surface area contributed by atoms with E-state index in [2.05, 4.69) is 30.6 Å². The van der Waals surface area contributed by atoms with Crippen LogP contribution in [0.2, 0.25) is 0 Å². The molecule has 2 aliphatic carbocycles. The lowest BCUT2D eigenvalue weighted by molar-refractivity contribution is -0.00198. The van der Waals surface area contributed by atoms with Crippen LogP contribution in [-0.2, 0) is 0 Å². The first-order chi connectivity index (χ1) is 14.2. The zero-order valence-electron chi connectivity index (χ0n) is 20.0. The molecule has 2 aliphatic heterocycles. The average molecular weight is 403 g/mol. The van der Waals surface area contributed by atoms with E-state index in [1.165, 1.54) is 110 Å². The summed E-state index contributed by atoms with van der Waals surface area (Å²) in [6, 6.07) is 1.90. The second-order valence-corrected chi connectivity index (χ2v) is 11.5. The fraction of sp³-hybridized carbons (Fsp3) is 1.00. The summed E-state index contributed by atoms with van der Waals surface area (Å²) in [6.07, 6.45) is 19.2. The minimum Gasteiger partial charge on any atom is -0.300 e. The van der Waals surface area contributed by atoms with Crippen molar-refractivity contribution in [2.75, 3.05) is 26.2 Å². The zero-order valence-corrected chi connectivity index (χ0v) is 20.0. The second-order valence-electron chi connectivity index (χ2n) is 11.5. The maximum atomic E-state index is 2.93. The molecular weight excluding hydrogens is 352 g/mol. The van der Waals surface area contributed by atoms with Gasteiger partial charge < -0.3 is 4.90 Å². The molecule has 2 heterocycles. The quantitative estimate of drug-likeness (QED) is 0.429. The van der Waals surface area contributed by atoms with Crippen LogP contribution >= 0.6 is 0 Å². The maximum absolute atomic E-state index is 2.93. The van der Waals surface area contributed by atoms with Crippen molar-refractivity contribution in [1.82, 2.24) is 9.80 Å². The van der Waals surface area contributed by atoms with Crippen LogP contribution in [0.5, 0.6) is 0 Å². The predicted molar refractivity (Wildman–Crippen MR) is 125 cm³/mol. The van der Waals surface area contributed by atoms with E-state index in [1.54, 1.807) is 0 Å². The molecule has 0 N–H and O–H groups in total. The first kappa shape index (κ1) is 22.1. The number of rotatable bonds is 9. The van der Waals surface area contributed by atoms with E-state index in [0.29, 0.717) is 0 Å². The molecule has 2 heteroatoms. The molecule has 29 heavy (non-hydrogen) atoms. The topological polar surface area (TPSA) is 6.48 Å². The predicted octanol–water partition coefficient (Wildman–Crippen LogP) is 6.59. The Labute approximate surface area is 182 Å². The molecule has 0 aromatic carbocycles. The second kappa shape index (κ2) is 10.5. The van der Waals surface area contributed by atoms with Gasteiger partial charge in [-0.15, -0.1) is 0 Å². The summed E-state index contributed by atoms with van der Waals surface area (Å²) in [5.41, 5.74) is 0. The maximum Gasteiger partial charge on any atom is 0.00955 e. The lowest BCUT2D eigenvalue weighted by atomic mass is 9.70. The van der Waals surface area contributed by atoms with Crippen LogP contribution in [-0.4, -0.2) is 48.1 Å². The van der Waals surface area contributed by atoms with Crippen molar-refractivity contribution in [3.63, 3.8) is 0 Å². The Morgan fingerprint density at radius 2 is 1.24 bits per heavy atom. The minimum atomic E-state index is 0.915. The van der Waals surface area contributed by atoms with Crippen molar-refractivity contribution in [3.05, 3.63) is 0 Å². The van der Waals surface area contributed by atoms with E-state index in [4.69, 9.17) is 0 Å². The number of likely N-dealkylation sites (tertiary alicyclic amines) is 2. The Morgan fingerprint density at radius 3 is 1.86 bits per heavy atom. The molecule has 4 rings (SSSR count). The molecule has 0 bridgehead atoms. The zero-order chi connectivity index (χ0) is 20.2. The SMILES string of the molecule is CCC[C@@H]1CCN(C2CCC2)C[C@H]1CCC1CN(C2CCC2)C[C@H](C)[C@@H]1CCC. The molecule has 2 nitrogen and oxygen atoms in total. The molecule has 2 saturated heterocycles. The smallest absolute Gasteiger partial charge is 0.00955 e. The highest BCUT2D eigenvalue weighted by Crippen LogP contribution is 2.41. The summed E-state index contributed by atoms with van der Waals surface area (Å²) < 4.78 is 0. The molecule has 0 radical (unpaired) electrons. The van der Waals surface area contributed by atoms with Gasteiger partial charge in [0.1, 0.15) is 0 Å². The summed E-state index contributed by atoms with van der Waals surface area (Å²) >= 11 is 0. The molecule has 0 aromatic rings. The molecule has 0 aromatic heterocycles. The Hall–Kier alpha value is -0.0800. The first-order valence-corrected chi connectivity index (χ1v) is 13.7. The lowest BCUT2D eigenvalue weighted by Crippen LogP contribution is -2.52. The fourth-order valence-corrected chi connectivity index (χ4v) is 7.39. The first-order valence-electron chi connectivity index (χ1n) is 13.7. The van der Waals surface area contributed by atoms with Crippen molar-refractivity contribution in [2.24, 2.45) is 29.6 Å². The van der Waals surface area contributed by atoms with Crippen molar-refractivity contribution in [3.8, 4) is 0 Å². The van der Waals surface area contributed by atoms with E-state index in [0.717, 1.165) is 41.7 Å². The standard InChI is InChI=1S/C27H50N2/c1-4-8-22-16-17-28(25-10-6-11-25)19-23(22)14-15-24-20-29(26-12-7-13-26)18-21(3)27(24)9-5-2/h21-27H,4-20H2,1-3H3/t21-,22+,23+,24?,27-/m0/s1. The van der Waals surface area contributed by atoms with Gasteiger partial charge in [-0.1, -0.05) is 59.3 Å². The molecule has 0 spiro atoms. The van der Waals surface area contributed by atoms with Crippen molar-refractivity contribution in [2.45, 2.75) is 116 Å². The third kappa shape index (κ3) is 5.22. The summed E-state index contributed by atoms with van der Waals surface area (Å²) in [5.74, 6) is 4.89. The normalized spacial score (nSPS) is 38.0.